The number of carbonyl (C=O) groups excluding carboxylic acids is 2. The molecule has 2 aliphatic rings. The molecule has 2 amide bonds. The van der Waals surface area contributed by atoms with E-state index in [1.165, 1.54) is 0 Å². The molecule has 0 saturated carbocycles. The van der Waals surface area contributed by atoms with Gasteiger partial charge in [0.25, 0.3) is 0 Å². The van der Waals surface area contributed by atoms with Gasteiger partial charge in [0.1, 0.15) is 6.04 Å². The summed E-state index contributed by atoms with van der Waals surface area (Å²) in [5.41, 5.74) is 0. The van der Waals surface area contributed by atoms with Crippen molar-refractivity contribution in [3.8, 4) is 0 Å². The molecule has 2 atom stereocenters. The summed E-state index contributed by atoms with van der Waals surface area (Å²) in [6.07, 6.45) is 4.41. The zero-order valence-electron chi connectivity index (χ0n) is 10.8. The normalized spacial score (nSPS) is 27.1. The van der Waals surface area contributed by atoms with Crippen LogP contribution in [-0.4, -0.2) is 46.8 Å². The summed E-state index contributed by atoms with van der Waals surface area (Å²) in [6, 6.07) is 0.102. The van der Waals surface area contributed by atoms with E-state index in [2.05, 4.69) is 13.8 Å². The molecule has 2 unspecified atom stereocenters. The van der Waals surface area contributed by atoms with Crippen LogP contribution in [0.1, 0.15) is 46.0 Å². The van der Waals surface area contributed by atoms with Crippen LogP contribution in [0.2, 0.25) is 0 Å². The lowest BCUT2D eigenvalue weighted by atomic mass is 10.1. The van der Waals surface area contributed by atoms with Gasteiger partial charge in [-0.2, -0.15) is 0 Å². The molecule has 2 saturated heterocycles. The Balaban J connectivity index is 2.14. The molecule has 0 radical (unpaired) electrons. The Morgan fingerprint density at radius 3 is 2.82 bits per heavy atom. The second kappa shape index (κ2) is 5.07. The quantitative estimate of drug-likeness (QED) is 0.745. The Labute approximate surface area is 103 Å². The number of fused-ring (bicyclic) bond motifs is 1. The summed E-state index contributed by atoms with van der Waals surface area (Å²) >= 11 is 0. The van der Waals surface area contributed by atoms with Gasteiger partial charge in [0.05, 0.1) is 0 Å². The maximum absolute atomic E-state index is 12.4. The van der Waals surface area contributed by atoms with Crippen molar-refractivity contribution in [2.24, 2.45) is 0 Å². The van der Waals surface area contributed by atoms with Crippen LogP contribution in [0, 0.1) is 0 Å². The van der Waals surface area contributed by atoms with Crippen LogP contribution in [0.5, 0.6) is 0 Å². The average Bonchev–Trinajstić information content (AvgIpc) is 2.74. The minimum atomic E-state index is -0.163. The molecule has 4 heteroatoms. The molecule has 4 nitrogen and oxygen atoms in total. The fourth-order valence-electron chi connectivity index (χ4n) is 2.99. The highest BCUT2D eigenvalue weighted by atomic mass is 16.2. The van der Waals surface area contributed by atoms with Gasteiger partial charge in [-0.15, -0.1) is 0 Å². The maximum atomic E-state index is 12.4. The molecular formula is C13H22N2O2. The highest BCUT2D eigenvalue weighted by molar-refractivity contribution is 5.90. The SMILES string of the molecule is CCCC(C)N1CCC(=O)N2CCCC2C1=O. The van der Waals surface area contributed by atoms with Gasteiger partial charge in [0, 0.05) is 25.6 Å². The zero-order valence-corrected chi connectivity index (χ0v) is 10.8. The Morgan fingerprint density at radius 1 is 1.35 bits per heavy atom. The average molecular weight is 238 g/mol. The van der Waals surface area contributed by atoms with Gasteiger partial charge in [-0.3, -0.25) is 9.59 Å². The minimum Gasteiger partial charge on any atom is -0.338 e. The number of carbonyl (C=O) groups is 2. The summed E-state index contributed by atoms with van der Waals surface area (Å²) in [5, 5.41) is 0. The Bertz CT molecular complexity index is 317. The zero-order chi connectivity index (χ0) is 12.4. The summed E-state index contributed by atoms with van der Waals surface area (Å²) in [4.78, 5) is 28.1. The van der Waals surface area contributed by atoms with Crippen LogP contribution in [-0.2, 0) is 9.59 Å². The first-order chi connectivity index (χ1) is 8.15. The lowest BCUT2D eigenvalue weighted by Crippen LogP contribution is -2.46. The number of rotatable bonds is 3. The van der Waals surface area contributed by atoms with E-state index >= 15 is 0 Å². The van der Waals surface area contributed by atoms with E-state index in [-0.39, 0.29) is 23.9 Å². The molecular weight excluding hydrogens is 216 g/mol. The Morgan fingerprint density at radius 2 is 2.12 bits per heavy atom. The lowest BCUT2D eigenvalue weighted by Gasteiger charge is -2.30. The van der Waals surface area contributed by atoms with Crippen LogP contribution >= 0.6 is 0 Å². The molecule has 2 heterocycles. The van der Waals surface area contributed by atoms with Gasteiger partial charge in [-0.1, -0.05) is 13.3 Å². The molecule has 0 bridgehead atoms. The number of hydrogen-bond donors (Lipinski definition) is 0. The third-order valence-corrected chi connectivity index (χ3v) is 3.95. The molecule has 2 fully saturated rings. The molecule has 0 aliphatic carbocycles. The first-order valence-electron chi connectivity index (χ1n) is 6.75. The van der Waals surface area contributed by atoms with Gasteiger partial charge >= 0.3 is 0 Å². The van der Waals surface area contributed by atoms with Gasteiger partial charge in [-0.25, -0.2) is 0 Å². The Hall–Kier alpha value is -1.06. The van der Waals surface area contributed by atoms with Crippen LogP contribution in [0.15, 0.2) is 0 Å². The van der Waals surface area contributed by atoms with E-state index in [1.54, 1.807) is 4.90 Å². The van der Waals surface area contributed by atoms with Crippen molar-refractivity contribution < 1.29 is 9.59 Å². The Kier molecular flexibility index (Phi) is 3.69. The first kappa shape index (κ1) is 12.4. The third-order valence-electron chi connectivity index (χ3n) is 3.95. The molecule has 2 aliphatic heterocycles. The second-order valence-corrected chi connectivity index (χ2v) is 5.16. The third kappa shape index (κ3) is 2.31. The molecule has 96 valence electrons. The van der Waals surface area contributed by atoms with E-state index in [9.17, 15) is 9.59 Å². The van der Waals surface area contributed by atoms with Gasteiger partial charge < -0.3 is 9.80 Å². The minimum absolute atomic E-state index is 0.159. The van der Waals surface area contributed by atoms with Crippen molar-refractivity contribution in [1.82, 2.24) is 9.80 Å². The molecule has 0 N–H and O–H groups in total. The van der Waals surface area contributed by atoms with Crippen LogP contribution in [0.4, 0.5) is 0 Å². The monoisotopic (exact) mass is 238 g/mol. The fraction of sp³-hybridized carbons (Fsp3) is 0.846. The van der Waals surface area contributed by atoms with Crippen molar-refractivity contribution in [3.63, 3.8) is 0 Å². The molecule has 2 rings (SSSR count). The predicted molar refractivity (Wildman–Crippen MR) is 65.4 cm³/mol. The van der Waals surface area contributed by atoms with Crippen molar-refractivity contribution in [2.45, 2.75) is 58.0 Å². The summed E-state index contributed by atoms with van der Waals surface area (Å²) in [5.74, 6) is 0.335. The van der Waals surface area contributed by atoms with Crippen molar-refractivity contribution in [2.75, 3.05) is 13.1 Å². The highest BCUT2D eigenvalue weighted by Gasteiger charge is 2.40. The topological polar surface area (TPSA) is 40.6 Å². The van der Waals surface area contributed by atoms with E-state index in [4.69, 9.17) is 0 Å². The number of nitrogens with zero attached hydrogens (tertiary/aromatic N) is 2. The van der Waals surface area contributed by atoms with Crippen LogP contribution in [0.25, 0.3) is 0 Å². The largest absolute Gasteiger partial charge is 0.338 e. The second-order valence-electron chi connectivity index (χ2n) is 5.16. The van der Waals surface area contributed by atoms with Crippen molar-refractivity contribution >= 4 is 11.8 Å². The van der Waals surface area contributed by atoms with E-state index in [1.807, 2.05) is 4.90 Å². The van der Waals surface area contributed by atoms with Crippen molar-refractivity contribution in [1.29, 1.82) is 0 Å². The molecule has 0 aromatic rings. The van der Waals surface area contributed by atoms with E-state index in [0.29, 0.717) is 13.0 Å². The van der Waals surface area contributed by atoms with E-state index < -0.39 is 0 Å². The maximum Gasteiger partial charge on any atom is 0.245 e. The highest BCUT2D eigenvalue weighted by Crippen LogP contribution is 2.25. The first-order valence-corrected chi connectivity index (χ1v) is 6.75. The van der Waals surface area contributed by atoms with Crippen molar-refractivity contribution in [3.05, 3.63) is 0 Å². The van der Waals surface area contributed by atoms with Gasteiger partial charge in [-0.05, 0) is 26.2 Å². The van der Waals surface area contributed by atoms with Crippen LogP contribution < -0.4 is 0 Å². The number of hydrogen-bond acceptors (Lipinski definition) is 2. The number of amides is 2. The van der Waals surface area contributed by atoms with Gasteiger partial charge in [0.15, 0.2) is 0 Å². The standard InChI is InChI=1S/C13H22N2O2/c1-3-5-10(2)14-9-7-12(16)15-8-4-6-11(15)13(14)17/h10-11H,3-9H2,1-2H3. The van der Waals surface area contributed by atoms with Gasteiger partial charge in [0.2, 0.25) is 11.8 Å². The smallest absolute Gasteiger partial charge is 0.245 e. The molecule has 17 heavy (non-hydrogen) atoms. The molecule has 0 aromatic carbocycles. The molecule has 0 spiro atoms. The summed E-state index contributed by atoms with van der Waals surface area (Å²) in [7, 11) is 0. The fourth-order valence-corrected chi connectivity index (χ4v) is 2.99. The van der Waals surface area contributed by atoms with E-state index in [0.717, 1.165) is 32.2 Å². The predicted octanol–water partition coefficient (Wildman–Crippen LogP) is 1.40. The summed E-state index contributed by atoms with van der Waals surface area (Å²) < 4.78 is 0. The molecule has 0 aromatic heterocycles. The van der Waals surface area contributed by atoms with Crippen LogP contribution in [0.3, 0.4) is 0 Å². The summed E-state index contributed by atoms with van der Waals surface area (Å²) in [6.45, 7) is 5.60. The lowest BCUT2D eigenvalue weighted by molar-refractivity contribution is -0.140.